The molecule has 1 nitrogen and oxygen atoms in total. The Labute approximate surface area is 85.8 Å². The molecule has 1 rings (SSSR count). The van der Waals surface area contributed by atoms with E-state index in [2.05, 4.69) is 6.92 Å². The van der Waals surface area contributed by atoms with E-state index in [1.54, 1.807) is 0 Å². The fraction of sp³-hybridized carbons (Fsp3) is 0.909. The molecule has 1 unspecified atom stereocenters. The van der Waals surface area contributed by atoms with Gasteiger partial charge >= 0.3 is 0 Å². The second-order valence-electron chi connectivity index (χ2n) is 3.99. The minimum absolute atomic E-state index is 0.215. The van der Waals surface area contributed by atoms with Gasteiger partial charge < -0.3 is 0 Å². The summed E-state index contributed by atoms with van der Waals surface area (Å²) in [6, 6.07) is 0. The molecule has 0 saturated heterocycles. The van der Waals surface area contributed by atoms with Crippen LogP contribution in [0.5, 0.6) is 0 Å². The lowest BCUT2D eigenvalue weighted by Gasteiger charge is -2.22. The summed E-state index contributed by atoms with van der Waals surface area (Å²) in [5.41, 5.74) is 0. The number of hydrogen-bond acceptors (Lipinski definition) is 1. The smallest absolute Gasteiger partial charge is 0.153 e. The zero-order chi connectivity index (χ0) is 9.68. The molecule has 0 aromatic heterocycles. The van der Waals surface area contributed by atoms with E-state index in [4.69, 9.17) is 11.6 Å². The quantitative estimate of drug-likeness (QED) is 0.638. The first-order valence-corrected chi connectivity index (χ1v) is 5.87. The predicted molar refractivity (Wildman–Crippen MR) is 56.1 cm³/mol. The molecule has 2 heteroatoms. The van der Waals surface area contributed by atoms with Gasteiger partial charge in [0.1, 0.15) is 0 Å². The van der Waals surface area contributed by atoms with Crippen LogP contribution in [0.3, 0.4) is 0 Å². The molecular formula is C11H19ClO. The van der Waals surface area contributed by atoms with Gasteiger partial charge in [-0.05, 0) is 19.3 Å². The first-order valence-electron chi connectivity index (χ1n) is 5.43. The molecule has 1 aliphatic carbocycles. The molecule has 1 aliphatic rings. The monoisotopic (exact) mass is 202 g/mol. The minimum atomic E-state index is -0.215. The number of carbonyl (C=O) groups is 1. The van der Waals surface area contributed by atoms with Crippen LogP contribution in [0.25, 0.3) is 0 Å². The molecule has 1 fully saturated rings. The first kappa shape index (κ1) is 11.0. The van der Waals surface area contributed by atoms with E-state index in [1.807, 2.05) is 0 Å². The lowest BCUT2D eigenvalue weighted by atomic mass is 9.84. The maximum absolute atomic E-state index is 11.8. The van der Waals surface area contributed by atoms with Gasteiger partial charge in [-0.2, -0.15) is 0 Å². The topological polar surface area (TPSA) is 17.1 Å². The van der Waals surface area contributed by atoms with E-state index >= 15 is 0 Å². The Morgan fingerprint density at radius 3 is 2.54 bits per heavy atom. The van der Waals surface area contributed by atoms with Gasteiger partial charge in [-0.15, -0.1) is 11.6 Å². The van der Waals surface area contributed by atoms with Gasteiger partial charge in [0.15, 0.2) is 5.78 Å². The summed E-state index contributed by atoms with van der Waals surface area (Å²) in [4.78, 5) is 11.8. The summed E-state index contributed by atoms with van der Waals surface area (Å²) in [6.45, 7) is 2.07. The lowest BCUT2D eigenvalue weighted by molar-refractivity contribution is -0.123. The van der Waals surface area contributed by atoms with Crippen molar-refractivity contribution in [3.05, 3.63) is 0 Å². The predicted octanol–water partition coefficient (Wildman–Crippen LogP) is 3.54. The second-order valence-corrected chi connectivity index (χ2v) is 4.52. The van der Waals surface area contributed by atoms with E-state index in [9.17, 15) is 4.79 Å². The largest absolute Gasteiger partial charge is 0.298 e. The van der Waals surface area contributed by atoms with E-state index in [-0.39, 0.29) is 11.3 Å². The molecule has 76 valence electrons. The summed E-state index contributed by atoms with van der Waals surface area (Å²) in [7, 11) is 0. The average molecular weight is 203 g/mol. The summed E-state index contributed by atoms with van der Waals surface area (Å²) >= 11 is 6.02. The SMILES string of the molecule is CCCC(Cl)C(=O)C1CCCCC1. The van der Waals surface area contributed by atoms with Gasteiger partial charge in [0.25, 0.3) is 0 Å². The van der Waals surface area contributed by atoms with Crippen molar-refractivity contribution in [3.63, 3.8) is 0 Å². The van der Waals surface area contributed by atoms with Crippen LogP contribution in [0.4, 0.5) is 0 Å². The normalized spacial score (nSPS) is 21.4. The van der Waals surface area contributed by atoms with Crippen LogP contribution in [0.15, 0.2) is 0 Å². The first-order chi connectivity index (χ1) is 6.25. The van der Waals surface area contributed by atoms with Crippen molar-refractivity contribution in [2.75, 3.05) is 0 Å². The lowest BCUT2D eigenvalue weighted by Crippen LogP contribution is -2.25. The molecule has 0 aliphatic heterocycles. The summed E-state index contributed by atoms with van der Waals surface area (Å²) < 4.78 is 0. The molecule has 0 spiro atoms. The summed E-state index contributed by atoms with van der Waals surface area (Å²) in [5.74, 6) is 0.589. The van der Waals surface area contributed by atoms with Crippen molar-refractivity contribution < 1.29 is 4.79 Å². The molecule has 0 bridgehead atoms. The molecule has 13 heavy (non-hydrogen) atoms. The Balaban J connectivity index is 2.36. The van der Waals surface area contributed by atoms with Crippen molar-refractivity contribution in [1.82, 2.24) is 0 Å². The molecule has 0 amide bonds. The third-order valence-corrected chi connectivity index (χ3v) is 3.29. The highest BCUT2D eigenvalue weighted by molar-refractivity contribution is 6.31. The van der Waals surface area contributed by atoms with Gasteiger partial charge in [0.05, 0.1) is 5.38 Å². The highest BCUT2D eigenvalue weighted by Crippen LogP contribution is 2.27. The van der Waals surface area contributed by atoms with Crippen LogP contribution < -0.4 is 0 Å². The van der Waals surface area contributed by atoms with E-state index in [0.29, 0.717) is 5.78 Å². The minimum Gasteiger partial charge on any atom is -0.298 e. The van der Waals surface area contributed by atoms with Crippen LogP contribution in [-0.2, 0) is 4.79 Å². The van der Waals surface area contributed by atoms with E-state index in [1.165, 1.54) is 19.3 Å². The van der Waals surface area contributed by atoms with Gasteiger partial charge in [-0.25, -0.2) is 0 Å². The summed E-state index contributed by atoms with van der Waals surface area (Å²) in [6.07, 6.45) is 7.73. The molecule has 0 heterocycles. The number of Topliss-reactive ketones (excluding diaryl/α,β-unsaturated/α-hetero) is 1. The van der Waals surface area contributed by atoms with Crippen LogP contribution in [0, 0.1) is 5.92 Å². The number of carbonyl (C=O) groups excluding carboxylic acids is 1. The number of ketones is 1. The third-order valence-electron chi connectivity index (χ3n) is 2.86. The van der Waals surface area contributed by atoms with Gasteiger partial charge in [0.2, 0.25) is 0 Å². The van der Waals surface area contributed by atoms with Gasteiger partial charge in [-0.1, -0.05) is 32.6 Å². The Kier molecular flexibility index (Phi) is 4.79. The fourth-order valence-electron chi connectivity index (χ4n) is 2.04. The molecule has 0 aromatic carbocycles. The molecular weight excluding hydrogens is 184 g/mol. The molecule has 1 atom stereocenters. The van der Waals surface area contributed by atoms with Gasteiger partial charge in [-0.3, -0.25) is 4.79 Å². The molecule has 0 radical (unpaired) electrons. The highest BCUT2D eigenvalue weighted by atomic mass is 35.5. The molecule has 0 aromatic rings. The Hall–Kier alpha value is -0.0400. The van der Waals surface area contributed by atoms with E-state index < -0.39 is 0 Å². The van der Waals surface area contributed by atoms with Crippen molar-refractivity contribution in [2.45, 2.75) is 57.2 Å². The number of rotatable bonds is 4. The van der Waals surface area contributed by atoms with Crippen molar-refractivity contribution in [2.24, 2.45) is 5.92 Å². The zero-order valence-corrected chi connectivity index (χ0v) is 9.15. The summed E-state index contributed by atoms with van der Waals surface area (Å²) in [5, 5.41) is -0.215. The Morgan fingerprint density at radius 2 is 2.00 bits per heavy atom. The molecule has 1 saturated carbocycles. The van der Waals surface area contributed by atoms with Crippen LogP contribution in [-0.4, -0.2) is 11.2 Å². The zero-order valence-electron chi connectivity index (χ0n) is 8.39. The number of halogens is 1. The Morgan fingerprint density at radius 1 is 1.38 bits per heavy atom. The maximum Gasteiger partial charge on any atom is 0.153 e. The fourth-order valence-corrected chi connectivity index (χ4v) is 2.43. The highest BCUT2D eigenvalue weighted by Gasteiger charge is 2.25. The van der Waals surface area contributed by atoms with Crippen molar-refractivity contribution >= 4 is 17.4 Å². The molecule has 0 N–H and O–H groups in total. The van der Waals surface area contributed by atoms with Crippen LogP contribution >= 0.6 is 11.6 Å². The standard InChI is InChI=1S/C11H19ClO/c1-2-6-10(12)11(13)9-7-4-3-5-8-9/h9-10H,2-8H2,1H3. The van der Waals surface area contributed by atoms with Gasteiger partial charge in [0, 0.05) is 5.92 Å². The number of alkyl halides is 1. The van der Waals surface area contributed by atoms with E-state index in [0.717, 1.165) is 25.7 Å². The van der Waals surface area contributed by atoms with Crippen LogP contribution in [0.2, 0.25) is 0 Å². The van der Waals surface area contributed by atoms with Crippen molar-refractivity contribution in [3.8, 4) is 0 Å². The van der Waals surface area contributed by atoms with Crippen LogP contribution in [0.1, 0.15) is 51.9 Å². The van der Waals surface area contributed by atoms with Crippen molar-refractivity contribution in [1.29, 1.82) is 0 Å². The second kappa shape index (κ2) is 5.64. The maximum atomic E-state index is 11.8. The average Bonchev–Trinajstić information content (AvgIpc) is 2.18. The number of hydrogen-bond donors (Lipinski definition) is 0. The Bertz CT molecular complexity index is 161. The third kappa shape index (κ3) is 3.30.